The van der Waals surface area contributed by atoms with Gasteiger partial charge < -0.3 is 33.5 Å². The second-order valence-corrected chi connectivity index (χ2v) is 9.57. The molecule has 0 unspecified atom stereocenters. The molecular formula is C28H31ClO11. The molecule has 1 N–H and O–H groups in total. The predicted molar refractivity (Wildman–Crippen MR) is 139 cm³/mol. The predicted octanol–water partition coefficient (Wildman–Crippen LogP) is 2.84. The number of hydrogen-bond acceptors (Lipinski definition) is 11. The maximum Gasteiger partial charge on any atom is 0.303 e. The van der Waals surface area contributed by atoms with Gasteiger partial charge in [-0.15, -0.1) is 0 Å². The minimum Gasteiger partial charge on any atom is -0.497 e. The van der Waals surface area contributed by atoms with Gasteiger partial charge in [0.05, 0.1) is 7.11 Å². The first kappa shape index (κ1) is 30.9. The highest BCUT2D eigenvalue weighted by Gasteiger charge is 2.60. The lowest BCUT2D eigenvalue weighted by molar-refractivity contribution is -0.360. The van der Waals surface area contributed by atoms with Gasteiger partial charge in [-0.3, -0.25) is 19.2 Å². The number of ether oxygens (including phenoxy) is 6. The molecule has 1 saturated heterocycles. The van der Waals surface area contributed by atoms with E-state index < -0.39 is 60.7 Å². The molecule has 1 heterocycles. The van der Waals surface area contributed by atoms with Crippen LogP contribution in [0.1, 0.15) is 44.4 Å². The highest BCUT2D eigenvalue weighted by molar-refractivity contribution is 6.31. The van der Waals surface area contributed by atoms with Gasteiger partial charge >= 0.3 is 23.9 Å². The van der Waals surface area contributed by atoms with Crippen LogP contribution in [0.2, 0.25) is 5.02 Å². The Bertz CT molecular complexity index is 1250. The monoisotopic (exact) mass is 578 g/mol. The number of carbonyl (C=O) groups excluding carboxylic acids is 4. The topological polar surface area (TPSA) is 144 Å². The molecule has 2 aromatic rings. The van der Waals surface area contributed by atoms with E-state index in [1.165, 1.54) is 12.1 Å². The Hall–Kier alpha value is -3.67. The van der Waals surface area contributed by atoms with E-state index in [1.54, 1.807) is 25.3 Å². The van der Waals surface area contributed by atoms with E-state index in [-0.39, 0.29) is 5.56 Å². The first-order chi connectivity index (χ1) is 18.8. The summed E-state index contributed by atoms with van der Waals surface area (Å²) >= 11 is 6.48. The van der Waals surface area contributed by atoms with E-state index in [4.69, 9.17) is 40.0 Å². The quantitative estimate of drug-likeness (QED) is 0.346. The lowest BCUT2D eigenvalue weighted by Gasteiger charge is -2.48. The number of esters is 4. The Labute approximate surface area is 236 Å². The van der Waals surface area contributed by atoms with Crippen molar-refractivity contribution in [2.45, 2.75) is 64.3 Å². The molecule has 0 amide bonds. The van der Waals surface area contributed by atoms with Crippen LogP contribution < -0.4 is 4.74 Å². The number of carbonyl (C=O) groups is 4. The fourth-order valence-corrected chi connectivity index (χ4v) is 4.59. The minimum atomic E-state index is -2.45. The van der Waals surface area contributed by atoms with Gasteiger partial charge in [-0.25, -0.2) is 0 Å². The van der Waals surface area contributed by atoms with Gasteiger partial charge in [-0.1, -0.05) is 29.8 Å². The van der Waals surface area contributed by atoms with Crippen LogP contribution >= 0.6 is 11.6 Å². The van der Waals surface area contributed by atoms with Crippen molar-refractivity contribution in [1.29, 1.82) is 0 Å². The zero-order chi connectivity index (χ0) is 29.6. The molecule has 0 radical (unpaired) electrons. The van der Waals surface area contributed by atoms with Gasteiger partial charge in [-0.05, 0) is 41.8 Å². The smallest absolute Gasteiger partial charge is 0.303 e. The molecule has 0 bridgehead atoms. The lowest BCUT2D eigenvalue weighted by Crippen LogP contribution is -2.66. The molecule has 11 nitrogen and oxygen atoms in total. The van der Waals surface area contributed by atoms with E-state index >= 15 is 0 Å². The molecule has 3 rings (SSSR count). The van der Waals surface area contributed by atoms with E-state index in [1.807, 2.05) is 12.1 Å². The molecule has 12 heteroatoms. The summed E-state index contributed by atoms with van der Waals surface area (Å²) in [5, 5.41) is 12.4. The van der Waals surface area contributed by atoms with Crippen LogP contribution in [0.15, 0.2) is 42.5 Å². The molecule has 2 aromatic carbocycles. The molecule has 1 fully saturated rings. The van der Waals surface area contributed by atoms with Crippen molar-refractivity contribution in [2.24, 2.45) is 0 Å². The van der Waals surface area contributed by atoms with Crippen LogP contribution in [0.25, 0.3) is 0 Å². The number of benzene rings is 2. The van der Waals surface area contributed by atoms with Crippen LogP contribution in [0.4, 0.5) is 0 Å². The standard InChI is InChI=1S/C28H31ClO11/c1-15(30)36-14-24-25(37-16(2)31)26(38-17(3)32)27(39-18(4)33)28(34,40-24)21-8-11-23(29)20(13-21)12-19-6-9-22(35-5)10-7-19/h6-11,13,24-27,34H,12,14H2,1-5H3/t24-,25-,26+,27-,28+/m1/s1. The molecular weight excluding hydrogens is 548 g/mol. The lowest BCUT2D eigenvalue weighted by atomic mass is 9.86. The van der Waals surface area contributed by atoms with Gasteiger partial charge in [0.15, 0.2) is 12.2 Å². The molecule has 1 aliphatic rings. The van der Waals surface area contributed by atoms with Crippen molar-refractivity contribution in [2.75, 3.05) is 13.7 Å². The summed E-state index contributed by atoms with van der Waals surface area (Å²) in [7, 11) is 1.56. The van der Waals surface area contributed by atoms with Gasteiger partial charge in [0, 0.05) is 38.3 Å². The molecule has 1 aliphatic heterocycles. The molecule has 216 valence electrons. The average Bonchev–Trinajstić information content (AvgIpc) is 2.87. The van der Waals surface area contributed by atoms with Crippen molar-refractivity contribution < 1.29 is 52.7 Å². The Morgan fingerprint density at radius 1 is 0.875 bits per heavy atom. The average molecular weight is 579 g/mol. The summed E-state index contributed by atoms with van der Waals surface area (Å²) in [6, 6.07) is 11.8. The second-order valence-electron chi connectivity index (χ2n) is 9.16. The maximum atomic E-state index is 12.2. The van der Waals surface area contributed by atoms with Crippen molar-refractivity contribution in [1.82, 2.24) is 0 Å². The molecule has 0 spiro atoms. The first-order valence-corrected chi connectivity index (χ1v) is 12.7. The van der Waals surface area contributed by atoms with E-state index in [0.717, 1.165) is 33.3 Å². The third kappa shape index (κ3) is 7.50. The Morgan fingerprint density at radius 2 is 1.48 bits per heavy atom. The summed E-state index contributed by atoms with van der Waals surface area (Å²) in [5.74, 6) is -4.88. The first-order valence-electron chi connectivity index (χ1n) is 12.3. The number of rotatable bonds is 9. The summed E-state index contributed by atoms with van der Waals surface area (Å²) in [4.78, 5) is 47.8. The summed E-state index contributed by atoms with van der Waals surface area (Å²) < 4.78 is 32.5. The van der Waals surface area contributed by atoms with Gasteiger partial charge in [-0.2, -0.15) is 0 Å². The molecule has 0 aliphatic carbocycles. The van der Waals surface area contributed by atoms with Gasteiger partial charge in [0.1, 0.15) is 18.5 Å². The van der Waals surface area contributed by atoms with Crippen molar-refractivity contribution in [3.05, 3.63) is 64.2 Å². The largest absolute Gasteiger partial charge is 0.497 e. The third-order valence-electron chi connectivity index (χ3n) is 6.07. The summed E-state index contributed by atoms with van der Waals surface area (Å²) in [6.07, 6.45) is -5.61. The second kappa shape index (κ2) is 13.1. The summed E-state index contributed by atoms with van der Waals surface area (Å²) in [6.45, 7) is 3.98. The zero-order valence-electron chi connectivity index (χ0n) is 22.7. The van der Waals surface area contributed by atoms with Crippen molar-refractivity contribution in [3.63, 3.8) is 0 Å². The van der Waals surface area contributed by atoms with Crippen LogP contribution in [-0.4, -0.2) is 67.1 Å². The zero-order valence-corrected chi connectivity index (χ0v) is 23.4. The van der Waals surface area contributed by atoms with Gasteiger partial charge in [0.2, 0.25) is 11.9 Å². The van der Waals surface area contributed by atoms with Crippen molar-refractivity contribution in [3.8, 4) is 5.75 Å². The SMILES string of the molecule is COc1ccc(Cc2cc([C@]3(O)O[C@H](COC(C)=O)[C@@H](OC(C)=O)[C@H](OC(C)=O)[C@H]3OC(C)=O)ccc2Cl)cc1. The summed E-state index contributed by atoms with van der Waals surface area (Å²) in [5.41, 5.74) is 1.57. The van der Waals surface area contributed by atoms with Gasteiger partial charge in [0.25, 0.3) is 0 Å². The normalized spacial score (nSPS) is 24.0. The molecule has 40 heavy (non-hydrogen) atoms. The maximum absolute atomic E-state index is 12.2. The molecule has 0 aromatic heterocycles. The number of hydrogen-bond donors (Lipinski definition) is 1. The highest BCUT2D eigenvalue weighted by Crippen LogP contribution is 2.42. The van der Waals surface area contributed by atoms with E-state index in [0.29, 0.717) is 22.8 Å². The van der Waals surface area contributed by atoms with Crippen molar-refractivity contribution >= 4 is 35.5 Å². The fourth-order valence-electron chi connectivity index (χ4n) is 4.41. The number of methoxy groups -OCH3 is 1. The third-order valence-corrected chi connectivity index (χ3v) is 6.43. The number of aliphatic hydroxyl groups is 1. The molecule has 0 saturated carbocycles. The Kier molecular flexibility index (Phi) is 10.1. The van der Waals surface area contributed by atoms with Crippen LogP contribution in [0, 0.1) is 0 Å². The van der Waals surface area contributed by atoms with Crippen LogP contribution in [0.3, 0.4) is 0 Å². The van der Waals surface area contributed by atoms with E-state index in [9.17, 15) is 24.3 Å². The fraction of sp³-hybridized carbons (Fsp3) is 0.429. The van der Waals surface area contributed by atoms with Crippen LogP contribution in [0.5, 0.6) is 5.75 Å². The highest BCUT2D eigenvalue weighted by atomic mass is 35.5. The Balaban J connectivity index is 2.12. The number of halogens is 1. The minimum absolute atomic E-state index is 0.0953. The molecule has 5 atom stereocenters. The Morgan fingerprint density at radius 3 is 2.02 bits per heavy atom. The van der Waals surface area contributed by atoms with E-state index in [2.05, 4.69) is 0 Å². The van der Waals surface area contributed by atoms with Crippen LogP contribution in [-0.2, 0) is 55.1 Å².